The van der Waals surface area contributed by atoms with Crippen molar-refractivity contribution in [1.82, 2.24) is 4.98 Å². The zero-order valence-electron chi connectivity index (χ0n) is 8.47. The lowest BCUT2D eigenvalue weighted by Crippen LogP contribution is -2.05. The van der Waals surface area contributed by atoms with E-state index >= 15 is 0 Å². The fourth-order valence-corrected chi connectivity index (χ4v) is 1.48. The van der Waals surface area contributed by atoms with Gasteiger partial charge in [0.05, 0.1) is 5.69 Å². The first kappa shape index (κ1) is 10.6. The Labute approximate surface area is 92.4 Å². The van der Waals surface area contributed by atoms with Crippen molar-refractivity contribution in [3.63, 3.8) is 0 Å². The van der Waals surface area contributed by atoms with Gasteiger partial charge in [0.1, 0.15) is 11.9 Å². The van der Waals surface area contributed by atoms with Gasteiger partial charge in [-0.25, -0.2) is 4.39 Å². The molecule has 1 aromatic heterocycles. The van der Waals surface area contributed by atoms with Crippen molar-refractivity contribution in [3.05, 3.63) is 59.7 Å². The summed E-state index contributed by atoms with van der Waals surface area (Å²) in [5.74, 6) is -0.431. The number of nitrogen functional groups attached to an aromatic ring is 1. The Hall–Kier alpha value is -1.94. The molecule has 0 bridgehead atoms. The third-order valence-corrected chi connectivity index (χ3v) is 2.31. The minimum atomic E-state index is -1.00. The molecular weight excluding hydrogens is 207 g/mol. The second-order valence-corrected chi connectivity index (χ2v) is 3.43. The number of hydrogen-bond donors (Lipinski definition) is 2. The van der Waals surface area contributed by atoms with E-state index in [1.807, 2.05) is 0 Å². The van der Waals surface area contributed by atoms with Gasteiger partial charge in [0.2, 0.25) is 0 Å². The van der Waals surface area contributed by atoms with E-state index in [4.69, 9.17) is 5.73 Å². The molecule has 0 aliphatic rings. The van der Waals surface area contributed by atoms with Gasteiger partial charge >= 0.3 is 0 Å². The summed E-state index contributed by atoms with van der Waals surface area (Å²) in [7, 11) is 0. The standard InChI is InChI=1S/C12H11FN2O/c13-8-4-5-10(14)9(7-8)12(16)11-3-1-2-6-15-11/h1-7,12,16H,14H2. The van der Waals surface area contributed by atoms with Gasteiger partial charge in [0.15, 0.2) is 0 Å². The van der Waals surface area contributed by atoms with Gasteiger partial charge in [-0.15, -0.1) is 0 Å². The Bertz CT molecular complexity index is 488. The molecule has 1 atom stereocenters. The molecule has 0 fully saturated rings. The molecule has 4 heteroatoms. The number of aliphatic hydroxyl groups is 1. The Kier molecular flexibility index (Phi) is 2.83. The minimum absolute atomic E-state index is 0.332. The Morgan fingerprint density at radius 1 is 1.25 bits per heavy atom. The van der Waals surface area contributed by atoms with Crippen LogP contribution in [0.25, 0.3) is 0 Å². The number of aliphatic hydroxyl groups excluding tert-OH is 1. The van der Waals surface area contributed by atoms with E-state index in [-0.39, 0.29) is 0 Å². The zero-order chi connectivity index (χ0) is 11.5. The van der Waals surface area contributed by atoms with Gasteiger partial charge in [-0.1, -0.05) is 6.07 Å². The van der Waals surface area contributed by atoms with Crippen molar-refractivity contribution in [2.24, 2.45) is 0 Å². The van der Waals surface area contributed by atoms with Crippen LogP contribution in [0.3, 0.4) is 0 Å². The van der Waals surface area contributed by atoms with Crippen LogP contribution in [0.1, 0.15) is 17.4 Å². The summed E-state index contributed by atoms with van der Waals surface area (Å²) < 4.78 is 13.0. The predicted molar refractivity (Wildman–Crippen MR) is 59.1 cm³/mol. The van der Waals surface area contributed by atoms with Gasteiger partial charge in [-0.3, -0.25) is 4.98 Å². The van der Waals surface area contributed by atoms with Gasteiger partial charge in [-0.05, 0) is 30.3 Å². The maximum atomic E-state index is 13.0. The first-order valence-electron chi connectivity index (χ1n) is 4.82. The lowest BCUT2D eigenvalue weighted by Gasteiger charge is -2.12. The summed E-state index contributed by atoms with van der Waals surface area (Å²) in [6.07, 6.45) is 0.561. The molecule has 1 aromatic carbocycles. The first-order chi connectivity index (χ1) is 7.68. The van der Waals surface area contributed by atoms with Crippen LogP contribution < -0.4 is 5.73 Å². The fraction of sp³-hybridized carbons (Fsp3) is 0.0833. The van der Waals surface area contributed by atoms with Crippen LogP contribution in [0.15, 0.2) is 42.6 Å². The van der Waals surface area contributed by atoms with Crippen LogP contribution in [0.5, 0.6) is 0 Å². The Balaban J connectivity index is 2.41. The number of halogens is 1. The number of rotatable bonds is 2. The number of anilines is 1. The summed E-state index contributed by atoms with van der Waals surface area (Å²) in [6, 6.07) is 9.05. The second-order valence-electron chi connectivity index (χ2n) is 3.43. The summed E-state index contributed by atoms with van der Waals surface area (Å²) in [4.78, 5) is 4.00. The monoisotopic (exact) mass is 218 g/mol. The molecular formula is C12H11FN2O. The number of hydrogen-bond acceptors (Lipinski definition) is 3. The van der Waals surface area contributed by atoms with Gasteiger partial charge in [0.25, 0.3) is 0 Å². The molecule has 3 nitrogen and oxygen atoms in total. The highest BCUT2D eigenvalue weighted by atomic mass is 19.1. The maximum absolute atomic E-state index is 13.0. The van der Waals surface area contributed by atoms with E-state index in [9.17, 15) is 9.50 Å². The fourth-order valence-electron chi connectivity index (χ4n) is 1.48. The highest BCUT2D eigenvalue weighted by molar-refractivity contribution is 5.49. The first-order valence-corrected chi connectivity index (χ1v) is 4.82. The van der Waals surface area contributed by atoms with Crippen molar-refractivity contribution in [2.45, 2.75) is 6.10 Å². The second kappa shape index (κ2) is 4.28. The molecule has 2 aromatic rings. The molecule has 1 unspecified atom stereocenters. The molecule has 0 spiro atoms. The molecule has 0 amide bonds. The average Bonchev–Trinajstić information content (AvgIpc) is 2.32. The van der Waals surface area contributed by atoms with E-state index in [1.165, 1.54) is 18.2 Å². The van der Waals surface area contributed by atoms with Crippen LogP contribution in [0.2, 0.25) is 0 Å². The number of aromatic nitrogens is 1. The van der Waals surface area contributed by atoms with E-state index in [0.717, 1.165) is 0 Å². The topological polar surface area (TPSA) is 59.1 Å². The predicted octanol–water partition coefficient (Wildman–Crippen LogP) is 1.88. The van der Waals surface area contributed by atoms with Crippen LogP contribution in [-0.4, -0.2) is 10.1 Å². The SMILES string of the molecule is Nc1ccc(F)cc1C(O)c1ccccn1. The molecule has 82 valence electrons. The van der Waals surface area contributed by atoms with E-state index < -0.39 is 11.9 Å². The van der Waals surface area contributed by atoms with Crippen molar-refractivity contribution in [2.75, 3.05) is 5.73 Å². The molecule has 3 N–H and O–H groups in total. The van der Waals surface area contributed by atoms with Crippen molar-refractivity contribution in [3.8, 4) is 0 Å². The van der Waals surface area contributed by atoms with Crippen molar-refractivity contribution < 1.29 is 9.50 Å². The molecule has 0 saturated carbocycles. The van der Waals surface area contributed by atoms with Crippen LogP contribution in [-0.2, 0) is 0 Å². The summed E-state index contributed by atoms with van der Waals surface area (Å²) in [5.41, 5.74) is 6.80. The molecule has 0 aliphatic heterocycles. The van der Waals surface area contributed by atoms with Gasteiger partial charge in [0, 0.05) is 17.4 Å². The van der Waals surface area contributed by atoms with Gasteiger partial charge < -0.3 is 10.8 Å². The molecule has 0 aliphatic carbocycles. The smallest absolute Gasteiger partial charge is 0.123 e. The van der Waals surface area contributed by atoms with Crippen LogP contribution in [0, 0.1) is 5.82 Å². The van der Waals surface area contributed by atoms with E-state index in [1.54, 1.807) is 24.4 Å². The number of pyridine rings is 1. The third kappa shape index (κ3) is 2.01. The number of nitrogens with zero attached hydrogens (tertiary/aromatic N) is 1. The van der Waals surface area contributed by atoms with E-state index in [0.29, 0.717) is 16.9 Å². The molecule has 0 saturated heterocycles. The molecule has 16 heavy (non-hydrogen) atoms. The largest absolute Gasteiger partial charge is 0.398 e. The third-order valence-electron chi connectivity index (χ3n) is 2.31. The van der Waals surface area contributed by atoms with E-state index in [2.05, 4.69) is 4.98 Å². The highest BCUT2D eigenvalue weighted by Gasteiger charge is 2.14. The van der Waals surface area contributed by atoms with Gasteiger partial charge in [-0.2, -0.15) is 0 Å². The van der Waals surface area contributed by atoms with Crippen molar-refractivity contribution >= 4 is 5.69 Å². The normalized spacial score (nSPS) is 12.4. The Morgan fingerprint density at radius 2 is 2.06 bits per heavy atom. The molecule has 1 heterocycles. The molecule has 0 radical (unpaired) electrons. The summed E-state index contributed by atoms with van der Waals surface area (Å²) in [6.45, 7) is 0. The maximum Gasteiger partial charge on any atom is 0.123 e. The number of benzene rings is 1. The van der Waals surface area contributed by atoms with Crippen molar-refractivity contribution in [1.29, 1.82) is 0 Å². The van der Waals surface area contributed by atoms with Crippen LogP contribution in [0.4, 0.5) is 10.1 Å². The zero-order valence-corrected chi connectivity index (χ0v) is 8.47. The summed E-state index contributed by atoms with van der Waals surface area (Å²) >= 11 is 0. The lowest BCUT2D eigenvalue weighted by atomic mass is 10.0. The molecule has 2 rings (SSSR count). The Morgan fingerprint density at radius 3 is 2.75 bits per heavy atom. The summed E-state index contributed by atoms with van der Waals surface area (Å²) in [5, 5.41) is 9.99. The lowest BCUT2D eigenvalue weighted by molar-refractivity contribution is 0.215. The average molecular weight is 218 g/mol. The quantitative estimate of drug-likeness (QED) is 0.757. The van der Waals surface area contributed by atoms with Crippen LogP contribution >= 0.6 is 0 Å². The minimum Gasteiger partial charge on any atom is -0.398 e. The highest BCUT2D eigenvalue weighted by Crippen LogP contribution is 2.25. The number of nitrogens with two attached hydrogens (primary N) is 1.